The predicted octanol–water partition coefficient (Wildman–Crippen LogP) is 2.28. The summed E-state index contributed by atoms with van der Waals surface area (Å²) in [4.78, 5) is 0. The Morgan fingerprint density at radius 1 is 1.29 bits per heavy atom. The van der Waals surface area contributed by atoms with Crippen LogP contribution >= 0.6 is 0 Å². The summed E-state index contributed by atoms with van der Waals surface area (Å²) in [7, 11) is 1.66. The SMILES string of the molecule is COC1(Cc2ccc(F)cc2F)CCNCC1. The maximum absolute atomic E-state index is 13.6. The fraction of sp³-hybridized carbons (Fsp3) is 0.538. The average molecular weight is 241 g/mol. The number of nitrogens with one attached hydrogen (secondary N) is 1. The smallest absolute Gasteiger partial charge is 0.129 e. The van der Waals surface area contributed by atoms with E-state index in [1.54, 1.807) is 7.11 Å². The van der Waals surface area contributed by atoms with Crippen molar-refractivity contribution >= 4 is 0 Å². The summed E-state index contributed by atoms with van der Waals surface area (Å²) in [5.74, 6) is -1.03. The molecule has 1 fully saturated rings. The van der Waals surface area contributed by atoms with E-state index < -0.39 is 11.6 Å². The van der Waals surface area contributed by atoms with Gasteiger partial charge in [0.2, 0.25) is 0 Å². The highest BCUT2D eigenvalue weighted by Gasteiger charge is 2.32. The van der Waals surface area contributed by atoms with Crippen molar-refractivity contribution in [3.8, 4) is 0 Å². The topological polar surface area (TPSA) is 21.3 Å². The molecule has 0 spiro atoms. The Bertz CT molecular complexity index is 389. The van der Waals surface area contributed by atoms with Gasteiger partial charge in [-0.2, -0.15) is 0 Å². The molecule has 0 saturated carbocycles. The van der Waals surface area contributed by atoms with E-state index in [0.29, 0.717) is 12.0 Å². The van der Waals surface area contributed by atoms with Gasteiger partial charge in [0, 0.05) is 19.6 Å². The Labute approximate surface area is 100.0 Å². The number of ether oxygens (including phenoxy) is 1. The van der Waals surface area contributed by atoms with Crippen LogP contribution in [0, 0.1) is 11.6 Å². The zero-order valence-electron chi connectivity index (χ0n) is 9.93. The second kappa shape index (κ2) is 5.10. The summed E-state index contributed by atoms with van der Waals surface area (Å²) in [5, 5.41) is 3.25. The van der Waals surface area contributed by atoms with Gasteiger partial charge < -0.3 is 10.1 Å². The summed E-state index contributed by atoms with van der Waals surface area (Å²) < 4.78 is 32.0. The zero-order chi connectivity index (χ0) is 12.3. The lowest BCUT2D eigenvalue weighted by molar-refractivity contribution is -0.0339. The quantitative estimate of drug-likeness (QED) is 0.876. The van der Waals surface area contributed by atoms with Gasteiger partial charge in [-0.15, -0.1) is 0 Å². The maximum Gasteiger partial charge on any atom is 0.129 e. The third-order valence-corrected chi connectivity index (χ3v) is 3.48. The average Bonchev–Trinajstić information content (AvgIpc) is 2.34. The summed E-state index contributed by atoms with van der Waals surface area (Å²) in [6.45, 7) is 1.74. The van der Waals surface area contributed by atoms with Crippen molar-refractivity contribution in [2.24, 2.45) is 0 Å². The van der Waals surface area contributed by atoms with Crippen molar-refractivity contribution in [1.82, 2.24) is 5.32 Å². The summed E-state index contributed by atoms with van der Waals surface area (Å²) in [5.41, 5.74) is 0.208. The van der Waals surface area contributed by atoms with Crippen LogP contribution in [0.1, 0.15) is 18.4 Å². The molecule has 1 saturated heterocycles. The molecule has 0 radical (unpaired) electrons. The molecule has 1 N–H and O–H groups in total. The number of halogens is 2. The molecule has 0 atom stereocenters. The largest absolute Gasteiger partial charge is 0.378 e. The van der Waals surface area contributed by atoms with E-state index in [9.17, 15) is 8.78 Å². The van der Waals surface area contributed by atoms with E-state index in [2.05, 4.69) is 5.32 Å². The van der Waals surface area contributed by atoms with Crippen molar-refractivity contribution in [2.75, 3.05) is 20.2 Å². The van der Waals surface area contributed by atoms with Gasteiger partial charge in [-0.25, -0.2) is 8.78 Å². The van der Waals surface area contributed by atoms with Crippen LogP contribution in [-0.2, 0) is 11.2 Å². The molecule has 1 aliphatic rings. The van der Waals surface area contributed by atoms with Gasteiger partial charge in [0.15, 0.2) is 0 Å². The lowest BCUT2D eigenvalue weighted by Gasteiger charge is -2.36. The minimum absolute atomic E-state index is 0.316. The van der Waals surface area contributed by atoms with Crippen LogP contribution in [-0.4, -0.2) is 25.8 Å². The Balaban J connectivity index is 2.17. The van der Waals surface area contributed by atoms with Gasteiger partial charge in [-0.1, -0.05) is 6.07 Å². The highest BCUT2D eigenvalue weighted by molar-refractivity contribution is 5.21. The maximum atomic E-state index is 13.6. The predicted molar refractivity (Wildman–Crippen MR) is 61.9 cm³/mol. The molecule has 0 bridgehead atoms. The van der Waals surface area contributed by atoms with E-state index in [0.717, 1.165) is 32.0 Å². The van der Waals surface area contributed by atoms with Gasteiger partial charge in [-0.3, -0.25) is 0 Å². The van der Waals surface area contributed by atoms with Crippen molar-refractivity contribution in [1.29, 1.82) is 0 Å². The summed E-state index contributed by atoms with van der Waals surface area (Å²) in [6.07, 6.45) is 2.19. The molecule has 1 heterocycles. The third kappa shape index (κ3) is 2.82. The number of benzene rings is 1. The van der Waals surface area contributed by atoms with Gasteiger partial charge in [0.25, 0.3) is 0 Å². The highest BCUT2D eigenvalue weighted by atomic mass is 19.1. The second-order valence-corrected chi connectivity index (χ2v) is 4.55. The molecule has 17 heavy (non-hydrogen) atoms. The molecule has 0 amide bonds. The molecule has 0 aliphatic carbocycles. The number of rotatable bonds is 3. The Morgan fingerprint density at radius 2 is 2.00 bits per heavy atom. The van der Waals surface area contributed by atoms with Crippen LogP contribution in [0.3, 0.4) is 0 Å². The highest BCUT2D eigenvalue weighted by Crippen LogP contribution is 2.28. The molecule has 1 aliphatic heterocycles. The lowest BCUT2D eigenvalue weighted by Crippen LogP contribution is -2.45. The van der Waals surface area contributed by atoms with Crippen molar-refractivity contribution in [2.45, 2.75) is 24.9 Å². The normalized spacial score (nSPS) is 19.2. The van der Waals surface area contributed by atoms with Crippen molar-refractivity contribution in [3.63, 3.8) is 0 Å². The fourth-order valence-electron chi connectivity index (χ4n) is 2.35. The van der Waals surface area contributed by atoms with Gasteiger partial charge in [0.1, 0.15) is 11.6 Å². The Kier molecular flexibility index (Phi) is 3.74. The zero-order valence-corrected chi connectivity index (χ0v) is 9.93. The number of piperidine rings is 1. The van der Waals surface area contributed by atoms with Crippen molar-refractivity contribution in [3.05, 3.63) is 35.4 Å². The van der Waals surface area contributed by atoms with E-state index in [-0.39, 0.29) is 5.60 Å². The van der Waals surface area contributed by atoms with E-state index >= 15 is 0 Å². The first-order chi connectivity index (χ1) is 8.15. The summed E-state index contributed by atoms with van der Waals surface area (Å²) >= 11 is 0. The molecule has 2 nitrogen and oxygen atoms in total. The van der Waals surface area contributed by atoms with Gasteiger partial charge in [0.05, 0.1) is 5.60 Å². The molecule has 0 unspecified atom stereocenters. The van der Waals surface area contributed by atoms with E-state index in [4.69, 9.17) is 4.74 Å². The molecular formula is C13H17F2NO. The van der Waals surface area contributed by atoms with Crippen LogP contribution in [0.25, 0.3) is 0 Å². The molecule has 1 aromatic carbocycles. The monoisotopic (exact) mass is 241 g/mol. The third-order valence-electron chi connectivity index (χ3n) is 3.48. The molecule has 94 valence electrons. The van der Waals surface area contributed by atoms with E-state index in [1.807, 2.05) is 0 Å². The Hall–Kier alpha value is -1.00. The minimum atomic E-state index is -0.539. The molecular weight excluding hydrogens is 224 g/mol. The number of methoxy groups -OCH3 is 1. The van der Waals surface area contributed by atoms with Crippen LogP contribution < -0.4 is 5.32 Å². The first kappa shape index (κ1) is 12.5. The lowest BCUT2D eigenvalue weighted by atomic mass is 9.85. The van der Waals surface area contributed by atoms with Crippen LogP contribution in [0.4, 0.5) is 8.78 Å². The first-order valence-corrected chi connectivity index (χ1v) is 5.85. The second-order valence-electron chi connectivity index (χ2n) is 4.55. The van der Waals surface area contributed by atoms with Crippen LogP contribution in [0.5, 0.6) is 0 Å². The first-order valence-electron chi connectivity index (χ1n) is 5.85. The minimum Gasteiger partial charge on any atom is -0.378 e. The van der Waals surface area contributed by atoms with E-state index in [1.165, 1.54) is 12.1 Å². The number of hydrogen-bond acceptors (Lipinski definition) is 2. The fourth-order valence-corrected chi connectivity index (χ4v) is 2.35. The van der Waals surface area contributed by atoms with Gasteiger partial charge in [-0.05, 0) is 37.6 Å². The molecule has 0 aromatic heterocycles. The Morgan fingerprint density at radius 3 is 2.59 bits per heavy atom. The molecule has 2 rings (SSSR count). The van der Waals surface area contributed by atoms with Gasteiger partial charge >= 0.3 is 0 Å². The molecule has 4 heteroatoms. The standard InChI is InChI=1S/C13H17F2NO/c1-17-13(4-6-16-7-5-13)9-10-2-3-11(14)8-12(10)15/h2-3,8,16H,4-7,9H2,1H3. The van der Waals surface area contributed by atoms with Crippen molar-refractivity contribution < 1.29 is 13.5 Å². The molecule has 1 aromatic rings. The number of hydrogen-bond donors (Lipinski definition) is 1. The van der Waals surface area contributed by atoms with Crippen LogP contribution in [0.15, 0.2) is 18.2 Å². The van der Waals surface area contributed by atoms with Crippen LogP contribution in [0.2, 0.25) is 0 Å². The summed E-state index contributed by atoms with van der Waals surface area (Å²) in [6, 6.07) is 3.73.